The van der Waals surface area contributed by atoms with Crippen LogP contribution >= 0.6 is 0 Å². The average molecular weight is 497 g/mol. The fourth-order valence-electron chi connectivity index (χ4n) is 3.48. The Labute approximate surface area is 209 Å². The maximum atomic E-state index is 12.8. The molecule has 10 heteroatoms. The summed E-state index contributed by atoms with van der Waals surface area (Å²) in [6.07, 6.45) is 0. The van der Waals surface area contributed by atoms with E-state index in [9.17, 15) is 9.59 Å². The lowest BCUT2D eigenvalue weighted by Gasteiger charge is -2.19. The molecule has 0 bridgehead atoms. The molecule has 3 aromatic carbocycles. The summed E-state index contributed by atoms with van der Waals surface area (Å²) in [4.78, 5) is 25.5. The molecule has 0 radical (unpaired) electrons. The summed E-state index contributed by atoms with van der Waals surface area (Å²) in [5.74, 6) is 0.862. The molecule has 0 fully saturated rings. The van der Waals surface area contributed by atoms with Gasteiger partial charge in [0.05, 0.1) is 76.5 Å². The highest BCUT2D eigenvalue weighted by atomic mass is 16.5. The second kappa shape index (κ2) is 11.7. The third kappa shape index (κ3) is 5.54. The lowest BCUT2D eigenvalue weighted by molar-refractivity contribution is 0.0588. The van der Waals surface area contributed by atoms with E-state index in [-0.39, 0.29) is 22.5 Å². The zero-order chi connectivity index (χ0) is 26.2. The molecule has 3 rings (SSSR count). The Morgan fingerprint density at radius 2 is 0.917 bits per heavy atom. The summed E-state index contributed by atoms with van der Waals surface area (Å²) < 4.78 is 31.5. The molecule has 0 saturated carbocycles. The van der Waals surface area contributed by atoms with Crippen molar-refractivity contribution in [2.45, 2.75) is 0 Å². The summed E-state index contributed by atoms with van der Waals surface area (Å²) in [5.41, 5.74) is 1.90. The second-order valence-electron chi connectivity index (χ2n) is 7.31. The molecular weight excluding hydrogens is 468 g/mol. The standard InChI is InChI=1S/C26H28N2O8/c1-31-15-7-9-23(33-3)21(11-15)27-19-13-18(26(30)36-6)20(14-17(19)25(29)35-5)28-22-12-16(32-2)8-10-24(22)34-4/h7-14,27-28H,1-6H3. The second-order valence-corrected chi connectivity index (χ2v) is 7.31. The average Bonchev–Trinajstić information content (AvgIpc) is 2.92. The van der Waals surface area contributed by atoms with Gasteiger partial charge in [0.15, 0.2) is 0 Å². The molecule has 0 aromatic heterocycles. The molecule has 0 atom stereocenters. The molecular formula is C26H28N2O8. The smallest absolute Gasteiger partial charge is 0.340 e. The van der Waals surface area contributed by atoms with Crippen LogP contribution in [0, 0.1) is 0 Å². The molecule has 10 nitrogen and oxygen atoms in total. The Hall–Kier alpha value is -4.60. The van der Waals surface area contributed by atoms with Crippen molar-refractivity contribution in [3.63, 3.8) is 0 Å². The van der Waals surface area contributed by atoms with Crippen LogP contribution < -0.4 is 29.6 Å². The van der Waals surface area contributed by atoms with Crippen molar-refractivity contribution >= 4 is 34.7 Å². The predicted molar refractivity (Wildman–Crippen MR) is 135 cm³/mol. The maximum absolute atomic E-state index is 12.8. The van der Waals surface area contributed by atoms with Gasteiger partial charge in [0.2, 0.25) is 0 Å². The SMILES string of the molecule is COC(=O)c1cc(Nc2cc(OC)ccc2OC)c(C(=O)OC)cc1Nc1cc(OC)ccc1OC. The van der Waals surface area contributed by atoms with Crippen molar-refractivity contribution in [3.05, 3.63) is 59.7 Å². The molecule has 2 N–H and O–H groups in total. The zero-order valence-electron chi connectivity index (χ0n) is 20.9. The molecule has 0 unspecified atom stereocenters. The van der Waals surface area contributed by atoms with Crippen LogP contribution in [0.2, 0.25) is 0 Å². The number of carbonyl (C=O) groups excluding carboxylic acids is 2. The number of hydrogen-bond acceptors (Lipinski definition) is 10. The fraction of sp³-hybridized carbons (Fsp3) is 0.231. The van der Waals surface area contributed by atoms with Crippen LogP contribution in [-0.2, 0) is 9.47 Å². The highest BCUT2D eigenvalue weighted by molar-refractivity contribution is 6.04. The predicted octanol–water partition coefficient (Wildman–Crippen LogP) is 4.78. The van der Waals surface area contributed by atoms with Gasteiger partial charge in [-0.15, -0.1) is 0 Å². The van der Waals surface area contributed by atoms with E-state index >= 15 is 0 Å². The van der Waals surface area contributed by atoms with Gasteiger partial charge in [0, 0.05) is 12.1 Å². The molecule has 0 saturated heterocycles. The van der Waals surface area contributed by atoms with Gasteiger partial charge < -0.3 is 39.1 Å². The number of nitrogens with one attached hydrogen (secondary N) is 2. The number of methoxy groups -OCH3 is 6. The van der Waals surface area contributed by atoms with Crippen molar-refractivity contribution < 1.29 is 38.0 Å². The number of carbonyl (C=O) groups is 2. The van der Waals surface area contributed by atoms with Gasteiger partial charge in [-0.2, -0.15) is 0 Å². The van der Waals surface area contributed by atoms with Crippen LogP contribution in [-0.4, -0.2) is 54.6 Å². The molecule has 0 heterocycles. The number of esters is 2. The summed E-state index contributed by atoms with van der Waals surface area (Å²) >= 11 is 0. The Bertz CT molecular complexity index is 1160. The first-order valence-electron chi connectivity index (χ1n) is 10.7. The molecule has 0 aliphatic carbocycles. The van der Waals surface area contributed by atoms with Gasteiger partial charge in [0.25, 0.3) is 0 Å². The third-order valence-corrected chi connectivity index (χ3v) is 5.32. The monoisotopic (exact) mass is 496 g/mol. The zero-order valence-corrected chi connectivity index (χ0v) is 20.9. The minimum atomic E-state index is -0.628. The molecule has 3 aromatic rings. The Morgan fingerprint density at radius 1 is 0.528 bits per heavy atom. The number of hydrogen-bond donors (Lipinski definition) is 2. The number of rotatable bonds is 10. The molecule has 0 aliphatic heterocycles. The van der Waals surface area contributed by atoms with Crippen molar-refractivity contribution in [2.75, 3.05) is 53.3 Å². The Balaban J connectivity index is 2.19. The van der Waals surface area contributed by atoms with Crippen LogP contribution in [0.5, 0.6) is 23.0 Å². The number of benzene rings is 3. The molecule has 0 amide bonds. The first-order valence-corrected chi connectivity index (χ1v) is 10.7. The largest absolute Gasteiger partial charge is 0.497 e. The highest BCUT2D eigenvalue weighted by Gasteiger charge is 2.22. The Kier molecular flexibility index (Phi) is 8.45. The number of anilines is 4. The highest BCUT2D eigenvalue weighted by Crippen LogP contribution is 2.37. The van der Waals surface area contributed by atoms with E-state index in [0.29, 0.717) is 34.4 Å². The van der Waals surface area contributed by atoms with Gasteiger partial charge in [-0.25, -0.2) is 9.59 Å². The van der Waals surface area contributed by atoms with E-state index < -0.39 is 11.9 Å². The minimum absolute atomic E-state index is 0.152. The molecule has 0 spiro atoms. The van der Waals surface area contributed by atoms with Crippen LogP contribution in [0.4, 0.5) is 22.7 Å². The van der Waals surface area contributed by atoms with Gasteiger partial charge in [0.1, 0.15) is 23.0 Å². The van der Waals surface area contributed by atoms with Crippen LogP contribution in [0.25, 0.3) is 0 Å². The maximum Gasteiger partial charge on any atom is 0.340 e. The van der Waals surface area contributed by atoms with Crippen LogP contribution in [0.1, 0.15) is 20.7 Å². The van der Waals surface area contributed by atoms with Gasteiger partial charge in [-0.05, 0) is 36.4 Å². The quantitative estimate of drug-likeness (QED) is 0.380. The van der Waals surface area contributed by atoms with Crippen molar-refractivity contribution in [3.8, 4) is 23.0 Å². The van der Waals surface area contributed by atoms with E-state index in [4.69, 9.17) is 28.4 Å². The first kappa shape index (κ1) is 26.0. The fourth-order valence-corrected chi connectivity index (χ4v) is 3.48. The summed E-state index contributed by atoms with van der Waals surface area (Å²) in [6, 6.07) is 13.3. The van der Waals surface area contributed by atoms with Crippen molar-refractivity contribution in [1.82, 2.24) is 0 Å². The lowest BCUT2D eigenvalue weighted by atomic mass is 10.0. The van der Waals surface area contributed by atoms with Crippen molar-refractivity contribution in [1.29, 1.82) is 0 Å². The molecule has 36 heavy (non-hydrogen) atoms. The van der Waals surface area contributed by atoms with Gasteiger partial charge >= 0.3 is 11.9 Å². The van der Waals surface area contributed by atoms with E-state index in [1.165, 1.54) is 54.8 Å². The van der Waals surface area contributed by atoms with E-state index in [2.05, 4.69) is 10.6 Å². The van der Waals surface area contributed by atoms with E-state index in [1.54, 1.807) is 36.4 Å². The Morgan fingerprint density at radius 3 is 1.22 bits per heavy atom. The third-order valence-electron chi connectivity index (χ3n) is 5.32. The summed E-state index contributed by atoms with van der Waals surface area (Å²) in [6.45, 7) is 0. The first-order chi connectivity index (χ1) is 17.4. The number of ether oxygens (including phenoxy) is 6. The van der Waals surface area contributed by atoms with Crippen LogP contribution in [0.15, 0.2) is 48.5 Å². The lowest BCUT2D eigenvalue weighted by Crippen LogP contribution is -2.12. The van der Waals surface area contributed by atoms with E-state index in [0.717, 1.165) is 0 Å². The minimum Gasteiger partial charge on any atom is -0.497 e. The molecule has 190 valence electrons. The van der Waals surface area contributed by atoms with Crippen molar-refractivity contribution in [2.24, 2.45) is 0 Å². The van der Waals surface area contributed by atoms with E-state index in [1.807, 2.05) is 0 Å². The van der Waals surface area contributed by atoms with Gasteiger partial charge in [-0.1, -0.05) is 0 Å². The topological polar surface area (TPSA) is 114 Å². The summed E-state index contributed by atoms with van der Waals surface area (Å²) in [7, 11) is 8.64. The van der Waals surface area contributed by atoms with Gasteiger partial charge in [-0.3, -0.25) is 0 Å². The molecule has 0 aliphatic rings. The van der Waals surface area contributed by atoms with Crippen LogP contribution in [0.3, 0.4) is 0 Å². The normalized spacial score (nSPS) is 10.2. The summed E-state index contributed by atoms with van der Waals surface area (Å²) in [5, 5.41) is 6.29.